The van der Waals surface area contributed by atoms with Crippen LogP contribution in [0.15, 0.2) is 52.9 Å². The van der Waals surface area contributed by atoms with Crippen LogP contribution in [0.1, 0.15) is 11.1 Å². The molecule has 0 amide bonds. The second-order valence-electron chi connectivity index (χ2n) is 5.22. The van der Waals surface area contributed by atoms with Crippen molar-refractivity contribution in [2.24, 2.45) is 0 Å². The van der Waals surface area contributed by atoms with Crippen LogP contribution >= 0.6 is 0 Å². The fourth-order valence-electron chi connectivity index (χ4n) is 2.08. The third-order valence-electron chi connectivity index (χ3n) is 3.28. The van der Waals surface area contributed by atoms with Gasteiger partial charge in [0, 0.05) is 5.56 Å². The van der Waals surface area contributed by atoms with Crippen molar-refractivity contribution >= 4 is 16.0 Å². The van der Waals surface area contributed by atoms with Crippen molar-refractivity contribution in [2.45, 2.75) is 12.7 Å². The van der Waals surface area contributed by atoms with Crippen LogP contribution in [0.3, 0.4) is 0 Å². The van der Waals surface area contributed by atoms with Crippen molar-refractivity contribution in [3.05, 3.63) is 65.5 Å². The maximum atomic E-state index is 13.5. The number of hydrogen-bond acceptors (Lipinski definition) is 5. The standard InChI is InChI=1S/C16H14FN3O3S/c1-11-7-8-12(9-14(11)17)10-24(21,22)20-16-19-18-15(23-16)13-5-3-2-4-6-13/h2-9H,10H2,1H3,(H,19,20). The van der Waals surface area contributed by atoms with Crippen LogP contribution in [0.25, 0.3) is 11.5 Å². The lowest BCUT2D eigenvalue weighted by atomic mass is 10.2. The maximum absolute atomic E-state index is 13.5. The van der Waals surface area contributed by atoms with E-state index in [1.54, 1.807) is 37.3 Å². The highest BCUT2D eigenvalue weighted by atomic mass is 32.2. The molecule has 0 fully saturated rings. The number of halogens is 1. The van der Waals surface area contributed by atoms with Gasteiger partial charge in [0.1, 0.15) is 5.82 Å². The van der Waals surface area contributed by atoms with E-state index in [9.17, 15) is 12.8 Å². The molecule has 1 N–H and O–H groups in total. The van der Waals surface area contributed by atoms with Crippen molar-refractivity contribution in [1.82, 2.24) is 10.2 Å². The van der Waals surface area contributed by atoms with E-state index in [1.807, 2.05) is 6.07 Å². The van der Waals surface area contributed by atoms with Crippen LogP contribution in [-0.4, -0.2) is 18.6 Å². The highest BCUT2D eigenvalue weighted by molar-refractivity contribution is 7.91. The van der Waals surface area contributed by atoms with E-state index in [-0.39, 0.29) is 11.9 Å². The van der Waals surface area contributed by atoms with Crippen LogP contribution in [0.2, 0.25) is 0 Å². The van der Waals surface area contributed by atoms with Gasteiger partial charge in [-0.3, -0.25) is 0 Å². The summed E-state index contributed by atoms with van der Waals surface area (Å²) in [5, 5.41) is 7.47. The van der Waals surface area contributed by atoms with E-state index in [2.05, 4.69) is 14.9 Å². The van der Waals surface area contributed by atoms with Gasteiger partial charge in [0.15, 0.2) is 0 Å². The van der Waals surface area contributed by atoms with E-state index >= 15 is 0 Å². The largest absolute Gasteiger partial charge is 0.403 e. The first-order valence-electron chi connectivity index (χ1n) is 7.07. The Hall–Kier alpha value is -2.74. The van der Waals surface area contributed by atoms with E-state index in [0.29, 0.717) is 16.7 Å². The predicted octanol–water partition coefficient (Wildman–Crippen LogP) is 3.13. The number of hydrogen-bond donors (Lipinski definition) is 1. The molecule has 0 saturated carbocycles. The Morgan fingerprint density at radius 2 is 1.88 bits per heavy atom. The summed E-state index contributed by atoms with van der Waals surface area (Å²) in [6.45, 7) is 1.61. The Morgan fingerprint density at radius 1 is 1.12 bits per heavy atom. The Kier molecular flexibility index (Phi) is 4.30. The first-order chi connectivity index (χ1) is 11.4. The van der Waals surface area contributed by atoms with Gasteiger partial charge in [-0.15, -0.1) is 5.10 Å². The summed E-state index contributed by atoms with van der Waals surface area (Å²) in [7, 11) is -3.80. The first kappa shape index (κ1) is 16.1. The van der Waals surface area contributed by atoms with Crippen LogP contribution in [0.4, 0.5) is 10.4 Å². The highest BCUT2D eigenvalue weighted by Gasteiger charge is 2.17. The third kappa shape index (κ3) is 3.77. The lowest BCUT2D eigenvalue weighted by molar-refractivity contribution is 0.577. The topological polar surface area (TPSA) is 85.1 Å². The van der Waals surface area contributed by atoms with Gasteiger partial charge in [0.2, 0.25) is 15.9 Å². The number of aromatic nitrogens is 2. The number of nitrogens with one attached hydrogen (secondary N) is 1. The number of rotatable bonds is 5. The molecule has 1 heterocycles. The minimum atomic E-state index is -3.80. The second-order valence-corrected chi connectivity index (χ2v) is 6.95. The second kappa shape index (κ2) is 6.40. The Morgan fingerprint density at radius 3 is 2.58 bits per heavy atom. The molecule has 8 heteroatoms. The fraction of sp³-hybridized carbons (Fsp3) is 0.125. The minimum Gasteiger partial charge on any atom is -0.403 e. The van der Waals surface area contributed by atoms with Crippen LogP contribution in [0, 0.1) is 12.7 Å². The van der Waals surface area contributed by atoms with Crippen molar-refractivity contribution in [1.29, 1.82) is 0 Å². The normalized spacial score (nSPS) is 11.4. The maximum Gasteiger partial charge on any atom is 0.329 e. The molecule has 0 atom stereocenters. The molecule has 1 aromatic heterocycles. The van der Waals surface area contributed by atoms with Crippen molar-refractivity contribution in [3.63, 3.8) is 0 Å². The quantitative estimate of drug-likeness (QED) is 0.766. The van der Waals surface area contributed by atoms with Gasteiger partial charge in [-0.1, -0.05) is 35.4 Å². The van der Waals surface area contributed by atoms with Gasteiger partial charge >= 0.3 is 6.01 Å². The van der Waals surface area contributed by atoms with Gasteiger partial charge in [0.25, 0.3) is 0 Å². The van der Waals surface area contributed by atoms with Crippen LogP contribution < -0.4 is 4.72 Å². The first-order valence-corrected chi connectivity index (χ1v) is 8.73. The molecular formula is C16H14FN3O3S. The molecule has 0 bridgehead atoms. The van der Waals surface area contributed by atoms with E-state index in [4.69, 9.17) is 4.42 Å². The number of anilines is 1. The predicted molar refractivity (Wildman–Crippen MR) is 87.1 cm³/mol. The van der Waals surface area contributed by atoms with Gasteiger partial charge < -0.3 is 4.42 Å². The zero-order chi connectivity index (χ0) is 17.2. The molecule has 0 aliphatic carbocycles. The summed E-state index contributed by atoms with van der Waals surface area (Å²) in [6.07, 6.45) is 0. The van der Waals surface area contributed by atoms with E-state index in [1.165, 1.54) is 12.1 Å². The summed E-state index contributed by atoms with van der Waals surface area (Å²) >= 11 is 0. The molecule has 3 aromatic rings. The summed E-state index contributed by atoms with van der Waals surface area (Å²) in [5.41, 5.74) is 1.46. The lowest BCUT2D eigenvalue weighted by Gasteiger charge is -2.05. The van der Waals surface area contributed by atoms with Crippen molar-refractivity contribution in [2.75, 3.05) is 4.72 Å². The van der Waals surface area contributed by atoms with Gasteiger partial charge in [-0.25, -0.2) is 17.5 Å². The van der Waals surface area contributed by atoms with Crippen molar-refractivity contribution < 1.29 is 17.2 Å². The molecule has 0 radical (unpaired) electrons. The molecule has 0 aliphatic heterocycles. The smallest absolute Gasteiger partial charge is 0.329 e. The van der Waals surface area contributed by atoms with E-state index in [0.717, 1.165) is 0 Å². The molecule has 2 aromatic carbocycles. The molecule has 0 saturated heterocycles. The Bertz CT molecular complexity index is 956. The lowest BCUT2D eigenvalue weighted by Crippen LogP contribution is -2.15. The van der Waals surface area contributed by atoms with Gasteiger partial charge in [-0.05, 0) is 36.2 Å². The Labute approximate surface area is 138 Å². The highest BCUT2D eigenvalue weighted by Crippen LogP contribution is 2.20. The molecule has 124 valence electrons. The monoisotopic (exact) mass is 347 g/mol. The number of aryl methyl sites for hydroxylation is 1. The zero-order valence-corrected chi connectivity index (χ0v) is 13.5. The molecular weight excluding hydrogens is 333 g/mol. The Balaban J connectivity index is 1.75. The van der Waals surface area contributed by atoms with Gasteiger partial charge in [-0.2, -0.15) is 0 Å². The molecule has 0 unspecified atom stereocenters. The molecule has 0 aliphatic rings. The number of benzene rings is 2. The number of sulfonamides is 1. The molecule has 3 rings (SSSR count). The zero-order valence-electron chi connectivity index (χ0n) is 12.7. The SMILES string of the molecule is Cc1ccc(CS(=O)(=O)Nc2nnc(-c3ccccc3)o2)cc1F. The van der Waals surface area contributed by atoms with Crippen molar-refractivity contribution in [3.8, 4) is 11.5 Å². The van der Waals surface area contributed by atoms with Crippen LogP contribution in [-0.2, 0) is 15.8 Å². The summed E-state index contributed by atoms with van der Waals surface area (Å²) in [4.78, 5) is 0. The number of nitrogens with zero attached hydrogens (tertiary/aromatic N) is 2. The van der Waals surface area contributed by atoms with Gasteiger partial charge in [0.05, 0.1) is 5.75 Å². The summed E-state index contributed by atoms with van der Waals surface area (Å²) in [6, 6.07) is 13.0. The van der Waals surface area contributed by atoms with Crippen LogP contribution in [0.5, 0.6) is 0 Å². The average molecular weight is 347 g/mol. The third-order valence-corrected chi connectivity index (χ3v) is 4.48. The average Bonchev–Trinajstić information content (AvgIpc) is 2.99. The summed E-state index contributed by atoms with van der Waals surface area (Å²) in [5.74, 6) is -0.644. The van der Waals surface area contributed by atoms with E-state index < -0.39 is 21.6 Å². The minimum absolute atomic E-state index is 0.203. The molecule has 6 nitrogen and oxygen atoms in total. The summed E-state index contributed by atoms with van der Waals surface area (Å²) < 4.78 is 45.3. The fourth-order valence-corrected chi connectivity index (χ4v) is 3.12. The molecule has 0 spiro atoms. The molecule has 24 heavy (non-hydrogen) atoms.